The summed E-state index contributed by atoms with van der Waals surface area (Å²) in [7, 11) is 0. The van der Waals surface area contributed by atoms with Crippen LogP contribution in [0, 0.1) is 0 Å². The zero-order valence-corrected chi connectivity index (χ0v) is 22.8. The maximum Gasteiger partial charge on any atom is 0.205 e. The Kier molecular flexibility index (Phi) is 5.67. The average molecular weight is 518 g/mol. The van der Waals surface area contributed by atoms with E-state index in [4.69, 9.17) is 10.7 Å². The Morgan fingerprint density at radius 1 is 0.700 bits per heavy atom. The summed E-state index contributed by atoms with van der Waals surface area (Å²) in [6, 6.07) is 42.7. The van der Waals surface area contributed by atoms with Gasteiger partial charge in [-0.25, -0.2) is 4.99 Å². The number of nitrogens with zero attached hydrogens (tertiary/aromatic N) is 2. The standard InChI is InChI=1S/C37H31N3/c1-37(2)31-19-11-9-17-27(31)29-23-30-28-18-10-12-20-34(28)40(35(30)24-32(29)37)36(38)39-33(26-15-7-4-8-16-26)22-21-25-13-5-3-6-14-25/h3-20,22-24H,21H2,1-2H3,(H2,38,39)/b33-22-. The molecule has 0 fully saturated rings. The quantitative estimate of drug-likeness (QED) is 0.185. The lowest BCUT2D eigenvalue weighted by Crippen LogP contribution is -2.22. The van der Waals surface area contributed by atoms with Gasteiger partial charge >= 0.3 is 0 Å². The maximum atomic E-state index is 6.95. The molecule has 2 N–H and O–H groups in total. The predicted molar refractivity (Wildman–Crippen MR) is 169 cm³/mol. The maximum absolute atomic E-state index is 6.95. The second-order valence-electron chi connectivity index (χ2n) is 11.1. The molecule has 0 unspecified atom stereocenters. The number of hydrogen-bond donors (Lipinski definition) is 1. The SMILES string of the molecule is CC1(C)c2ccccc2-c2cc3c4ccccc4n(/C(N)=N/C(=C\Cc4ccccc4)c4ccccc4)c3cc21. The van der Waals surface area contributed by atoms with Gasteiger partial charge in [0.15, 0.2) is 0 Å². The van der Waals surface area contributed by atoms with Crippen molar-refractivity contribution < 1.29 is 0 Å². The lowest BCUT2D eigenvalue weighted by atomic mass is 9.82. The van der Waals surface area contributed by atoms with Crippen LogP contribution in [0.4, 0.5) is 0 Å². The van der Waals surface area contributed by atoms with Crippen molar-refractivity contribution in [3.8, 4) is 11.1 Å². The minimum atomic E-state index is -0.0991. The highest BCUT2D eigenvalue weighted by Crippen LogP contribution is 2.50. The summed E-state index contributed by atoms with van der Waals surface area (Å²) >= 11 is 0. The fourth-order valence-electron chi connectivity index (χ4n) is 6.25. The van der Waals surface area contributed by atoms with E-state index in [1.165, 1.54) is 38.6 Å². The van der Waals surface area contributed by atoms with E-state index in [9.17, 15) is 0 Å². The van der Waals surface area contributed by atoms with Gasteiger partial charge in [-0.2, -0.15) is 0 Å². The molecule has 40 heavy (non-hydrogen) atoms. The molecule has 0 aliphatic heterocycles. The molecule has 0 bridgehead atoms. The van der Waals surface area contributed by atoms with E-state index in [0.29, 0.717) is 5.96 Å². The third-order valence-electron chi connectivity index (χ3n) is 8.28. The minimum Gasteiger partial charge on any atom is -0.369 e. The zero-order valence-electron chi connectivity index (χ0n) is 22.8. The van der Waals surface area contributed by atoms with Crippen LogP contribution in [0.15, 0.2) is 132 Å². The van der Waals surface area contributed by atoms with Crippen LogP contribution in [0.25, 0.3) is 38.6 Å². The molecule has 7 rings (SSSR count). The Hall–Kier alpha value is -4.89. The number of fused-ring (bicyclic) bond motifs is 6. The number of hydrogen-bond acceptors (Lipinski definition) is 1. The van der Waals surface area contributed by atoms with Gasteiger partial charge in [0.25, 0.3) is 0 Å². The van der Waals surface area contributed by atoms with Gasteiger partial charge < -0.3 is 5.73 Å². The van der Waals surface area contributed by atoms with Crippen molar-refractivity contribution in [1.82, 2.24) is 4.57 Å². The van der Waals surface area contributed by atoms with Crippen molar-refractivity contribution in [3.05, 3.63) is 150 Å². The average Bonchev–Trinajstić information content (AvgIpc) is 3.44. The molecule has 1 aliphatic carbocycles. The number of nitrogens with two attached hydrogens (primary N) is 1. The fraction of sp³-hybridized carbons (Fsp3) is 0.108. The summed E-state index contributed by atoms with van der Waals surface area (Å²) in [4.78, 5) is 5.09. The number of para-hydroxylation sites is 1. The lowest BCUT2D eigenvalue weighted by molar-refractivity contribution is 0.661. The second-order valence-corrected chi connectivity index (χ2v) is 11.1. The fourth-order valence-corrected chi connectivity index (χ4v) is 6.25. The van der Waals surface area contributed by atoms with Crippen LogP contribution in [0.1, 0.15) is 36.1 Å². The van der Waals surface area contributed by atoms with Crippen LogP contribution in [0.3, 0.4) is 0 Å². The van der Waals surface area contributed by atoms with Gasteiger partial charge in [0.1, 0.15) is 0 Å². The van der Waals surface area contributed by atoms with Crippen LogP contribution in [0.2, 0.25) is 0 Å². The summed E-state index contributed by atoms with van der Waals surface area (Å²) < 4.78 is 2.13. The van der Waals surface area contributed by atoms with E-state index in [-0.39, 0.29) is 5.41 Å². The highest BCUT2D eigenvalue weighted by atomic mass is 15.2. The van der Waals surface area contributed by atoms with E-state index >= 15 is 0 Å². The molecule has 3 heteroatoms. The van der Waals surface area contributed by atoms with E-state index in [0.717, 1.165) is 28.7 Å². The molecule has 1 heterocycles. The summed E-state index contributed by atoms with van der Waals surface area (Å²) in [6.45, 7) is 4.63. The van der Waals surface area contributed by atoms with Crippen molar-refractivity contribution in [3.63, 3.8) is 0 Å². The first-order valence-electron chi connectivity index (χ1n) is 13.8. The van der Waals surface area contributed by atoms with Gasteiger partial charge in [-0.1, -0.05) is 123 Å². The highest BCUT2D eigenvalue weighted by Gasteiger charge is 2.36. The summed E-state index contributed by atoms with van der Waals surface area (Å²) in [5.41, 5.74) is 17.4. The van der Waals surface area contributed by atoms with E-state index in [2.05, 4.69) is 122 Å². The Bertz CT molecular complexity index is 1940. The van der Waals surface area contributed by atoms with Crippen molar-refractivity contribution >= 4 is 33.5 Å². The Balaban J connectivity index is 1.44. The van der Waals surface area contributed by atoms with Crippen molar-refractivity contribution in [1.29, 1.82) is 0 Å². The molecule has 1 aromatic heterocycles. The van der Waals surface area contributed by atoms with Gasteiger partial charge in [-0.05, 0) is 58.0 Å². The van der Waals surface area contributed by atoms with E-state index < -0.39 is 0 Å². The van der Waals surface area contributed by atoms with E-state index in [1.807, 2.05) is 24.3 Å². The third kappa shape index (κ3) is 3.85. The largest absolute Gasteiger partial charge is 0.369 e. The molecule has 0 atom stereocenters. The number of aliphatic imine (C=N–C) groups is 1. The molecule has 0 spiro atoms. The van der Waals surface area contributed by atoms with Gasteiger partial charge in [0.05, 0.1) is 16.7 Å². The topological polar surface area (TPSA) is 43.3 Å². The number of rotatable bonds is 4. The van der Waals surface area contributed by atoms with Crippen molar-refractivity contribution in [2.45, 2.75) is 25.7 Å². The Labute approximate surface area is 234 Å². The number of allylic oxidation sites excluding steroid dienone is 1. The van der Waals surface area contributed by atoms with Gasteiger partial charge in [0.2, 0.25) is 5.96 Å². The van der Waals surface area contributed by atoms with Crippen LogP contribution in [-0.2, 0) is 11.8 Å². The first-order valence-corrected chi connectivity index (χ1v) is 13.8. The first kappa shape index (κ1) is 24.2. The van der Waals surface area contributed by atoms with Crippen molar-refractivity contribution in [2.75, 3.05) is 0 Å². The smallest absolute Gasteiger partial charge is 0.205 e. The highest BCUT2D eigenvalue weighted by molar-refractivity contribution is 6.15. The van der Waals surface area contributed by atoms with Crippen LogP contribution in [0.5, 0.6) is 0 Å². The van der Waals surface area contributed by atoms with Crippen LogP contribution < -0.4 is 5.73 Å². The van der Waals surface area contributed by atoms with Crippen LogP contribution in [-0.4, -0.2) is 10.5 Å². The van der Waals surface area contributed by atoms with Gasteiger partial charge in [-0.15, -0.1) is 0 Å². The normalized spacial score (nSPS) is 14.4. The molecule has 5 aromatic carbocycles. The molecule has 0 amide bonds. The molecule has 6 aromatic rings. The Morgan fingerprint density at radius 2 is 1.38 bits per heavy atom. The number of benzene rings is 5. The molecule has 0 saturated heterocycles. The monoisotopic (exact) mass is 517 g/mol. The molecule has 0 radical (unpaired) electrons. The van der Waals surface area contributed by atoms with Crippen molar-refractivity contribution in [2.24, 2.45) is 10.7 Å². The second kappa shape index (κ2) is 9.39. The molecule has 0 saturated carbocycles. The Morgan fingerprint density at radius 3 is 2.17 bits per heavy atom. The van der Waals surface area contributed by atoms with Gasteiger partial charge in [-0.3, -0.25) is 4.57 Å². The first-order chi connectivity index (χ1) is 19.5. The van der Waals surface area contributed by atoms with Gasteiger partial charge in [0, 0.05) is 16.2 Å². The third-order valence-corrected chi connectivity index (χ3v) is 8.28. The number of aromatic nitrogens is 1. The molecule has 194 valence electrons. The summed E-state index contributed by atoms with van der Waals surface area (Å²) in [5, 5.41) is 2.37. The lowest BCUT2D eigenvalue weighted by Gasteiger charge is -2.21. The predicted octanol–water partition coefficient (Wildman–Crippen LogP) is 8.55. The molecular weight excluding hydrogens is 486 g/mol. The minimum absolute atomic E-state index is 0.0991. The zero-order chi connectivity index (χ0) is 27.3. The summed E-state index contributed by atoms with van der Waals surface area (Å²) in [6.07, 6.45) is 2.94. The molecule has 1 aliphatic rings. The molecular formula is C37H31N3. The summed E-state index contributed by atoms with van der Waals surface area (Å²) in [5.74, 6) is 0.461. The van der Waals surface area contributed by atoms with Crippen LogP contribution >= 0.6 is 0 Å². The molecule has 3 nitrogen and oxygen atoms in total. The van der Waals surface area contributed by atoms with E-state index in [1.54, 1.807) is 0 Å².